The van der Waals surface area contributed by atoms with E-state index < -0.39 is 107 Å². The van der Waals surface area contributed by atoms with E-state index in [-0.39, 0.29) is 36.0 Å². The molecule has 0 unspecified atom stereocenters. The quantitative estimate of drug-likeness (QED) is 0.0892. The zero-order valence-electron chi connectivity index (χ0n) is 19.4. The van der Waals surface area contributed by atoms with Crippen molar-refractivity contribution in [1.82, 2.24) is 10.6 Å². The number of aliphatic hydroxyl groups excluding tert-OH is 3. The van der Waals surface area contributed by atoms with Crippen molar-refractivity contribution < 1.29 is 99.4 Å². The molecular formula is C16H29N3NaO14S2+. The summed E-state index contributed by atoms with van der Waals surface area (Å²) in [4.78, 5) is 24.0. The molecule has 20 heteroatoms. The number of quaternary nitrogens is 1. The molecule has 2 aliphatic heterocycles. The molecule has 204 valence electrons. The van der Waals surface area contributed by atoms with Gasteiger partial charge in [0.05, 0.1) is 29.1 Å². The van der Waals surface area contributed by atoms with Crippen molar-refractivity contribution in [3.8, 4) is 0 Å². The largest absolute Gasteiger partial charge is 1.00 e. The second kappa shape index (κ2) is 14.0. The molecule has 2 saturated heterocycles. The third-order valence-corrected chi connectivity index (χ3v) is 6.58. The van der Waals surface area contributed by atoms with E-state index in [0.29, 0.717) is 0 Å². The van der Waals surface area contributed by atoms with Crippen LogP contribution in [0.25, 0.3) is 0 Å². The maximum absolute atomic E-state index is 12.3. The maximum atomic E-state index is 12.3. The first kappa shape index (κ1) is 33.5. The molecular weight excluding hydrogens is 545 g/mol. The van der Waals surface area contributed by atoms with E-state index in [1.54, 1.807) is 0 Å². The minimum atomic E-state index is -5.08. The molecule has 0 saturated carbocycles. The molecule has 0 bridgehead atoms. The number of carbonyl (C=O) groups is 2. The molecule has 17 nitrogen and oxygen atoms in total. The minimum absolute atomic E-state index is 0. The zero-order valence-corrected chi connectivity index (χ0v) is 23.1. The molecule has 2 fully saturated rings. The van der Waals surface area contributed by atoms with Gasteiger partial charge in [-0.15, -0.1) is 0 Å². The Bertz CT molecular complexity index is 967. The van der Waals surface area contributed by atoms with Crippen LogP contribution in [-0.2, 0) is 43.8 Å². The van der Waals surface area contributed by atoms with Gasteiger partial charge < -0.3 is 45.3 Å². The van der Waals surface area contributed by atoms with Crippen LogP contribution in [-0.4, -0.2) is 127 Å². The molecule has 36 heavy (non-hydrogen) atoms. The van der Waals surface area contributed by atoms with Crippen molar-refractivity contribution in [2.24, 2.45) is 0 Å². The Hall–Kier alpha value is -0.520. The standard InChI is InChI=1S/C16H29N3O14S2.Na/c1-7(22)18-12-13(23)14(33-35(28,29)30)11(6-21)32-16(12)31-10-4-8(19-9(10)5-20)15(24)17-2-3-34(25,26)27;/h8-14,16,19-21,23H,2-6H2,1H3,(H,17,24)(H,18,22)(H,25,26,27)(H,28,29,30);/q;+1/t8-,9+,10+,11-,12-,13-,14-,16-;/m1./s1. The van der Waals surface area contributed by atoms with Crippen LogP contribution >= 0.6 is 0 Å². The summed E-state index contributed by atoms with van der Waals surface area (Å²) < 4.78 is 79.0. The van der Waals surface area contributed by atoms with Gasteiger partial charge in [0, 0.05) is 19.9 Å². The third kappa shape index (κ3) is 9.98. The number of amides is 2. The summed E-state index contributed by atoms with van der Waals surface area (Å²) >= 11 is 0. The molecule has 0 spiro atoms. The second-order valence-corrected chi connectivity index (χ2v) is 10.6. The van der Waals surface area contributed by atoms with Crippen LogP contribution < -0.4 is 45.5 Å². The zero-order chi connectivity index (χ0) is 26.6. The average molecular weight is 575 g/mol. The topological polar surface area (TPSA) is 275 Å². The van der Waals surface area contributed by atoms with Crippen molar-refractivity contribution in [1.29, 1.82) is 0 Å². The van der Waals surface area contributed by atoms with E-state index >= 15 is 0 Å². The van der Waals surface area contributed by atoms with Crippen LogP contribution in [0.2, 0.25) is 0 Å². The number of hydrogen-bond donors (Lipinski definition) is 7. The molecule has 2 rings (SSSR count). The van der Waals surface area contributed by atoms with Gasteiger partial charge in [-0.25, -0.2) is 12.6 Å². The Kier molecular flexibility index (Phi) is 13.1. The second-order valence-electron chi connectivity index (χ2n) is 8.04. The maximum Gasteiger partial charge on any atom is 1.00 e. The van der Waals surface area contributed by atoms with E-state index in [1.165, 1.54) is 5.32 Å². The summed E-state index contributed by atoms with van der Waals surface area (Å²) in [6.07, 6.45) is -7.65. The first-order valence-corrected chi connectivity index (χ1v) is 13.3. The van der Waals surface area contributed by atoms with Gasteiger partial charge in [-0.05, 0) is 0 Å². The van der Waals surface area contributed by atoms with Crippen molar-refractivity contribution >= 4 is 32.3 Å². The van der Waals surface area contributed by atoms with Gasteiger partial charge in [0.25, 0.3) is 5.91 Å². The smallest absolute Gasteiger partial charge is 0.748 e. The molecule has 2 heterocycles. The Balaban J connectivity index is 0.00000648. The van der Waals surface area contributed by atoms with Crippen LogP contribution in [0.5, 0.6) is 0 Å². The van der Waals surface area contributed by atoms with Crippen LogP contribution in [0, 0.1) is 0 Å². The van der Waals surface area contributed by atoms with Gasteiger partial charge in [0.2, 0.25) is 5.91 Å². The van der Waals surface area contributed by atoms with Crippen molar-refractivity contribution in [3.63, 3.8) is 0 Å². The first-order valence-electron chi connectivity index (χ1n) is 10.3. The van der Waals surface area contributed by atoms with Crippen LogP contribution in [0.4, 0.5) is 0 Å². The number of carbonyl (C=O) groups excluding carboxylic acids is 2. The Morgan fingerprint density at radius 1 is 1.19 bits per heavy atom. The van der Waals surface area contributed by atoms with E-state index in [0.717, 1.165) is 6.92 Å². The van der Waals surface area contributed by atoms with Crippen molar-refractivity contribution in [2.75, 3.05) is 25.5 Å². The summed E-state index contributed by atoms with van der Waals surface area (Å²) in [5, 5.41) is 35.9. The molecule has 2 amide bonds. The Morgan fingerprint density at radius 3 is 2.33 bits per heavy atom. The number of rotatable bonds is 11. The monoisotopic (exact) mass is 574 g/mol. The molecule has 0 aromatic carbocycles. The number of hydrogen-bond acceptors (Lipinski definition) is 13. The van der Waals surface area contributed by atoms with Crippen LogP contribution in [0.15, 0.2) is 0 Å². The van der Waals surface area contributed by atoms with Gasteiger partial charge in [0.1, 0.15) is 36.5 Å². The molecule has 8 N–H and O–H groups in total. The number of aliphatic hydroxyl groups is 3. The molecule has 0 aromatic heterocycles. The van der Waals surface area contributed by atoms with E-state index in [1.807, 2.05) is 0 Å². The summed E-state index contributed by atoms with van der Waals surface area (Å²) in [5.74, 6) is -2.12. The Labute approximate surface area is 229 Å². The van der Waals surface area contributed by atoms with Gasteiger partial charge in [-0.3, -0.25) is 14.1 Å². The molecule has 0 radical (unpaired) electrons. The molecule has 2 aliphatic rings. The molecule has 0 aromatic rings. The normalized spacial score (nSPS) is 32.9. The summed E-state index contributed by atoms with van der Waals surface area (Å²) in [7, 11) is -9.61. The van der Waals surface area contributed by atoms with Crippen LogP contribution in [0.1, 0.15) is 13.3 Å². The fourth-order valence-corrected chi connectivity index (χ4v) is 4.76. The fourth-order valence-electron chi connectivity index (χ4n) is 3.89. The fraction of sp³-hybridized carbons (Fsp3) is 0.875. The number of nitrogens with two attached hydrogens (primary N) is 1. The first-order chi connectivity index (χ1) is 16.1. The van der Waals surface area contributed by atoms with E-state index in [2.05, 4.69) is 14.8 Å². The van der Waals surface area contributed by atoms with Gasteiger partial charge in [-0.2, -0.15) is 8.42 Å². The third-order valence-electron chi connectivity index (χ3n) is 5.41. The summed E-state index contributed by atoms with van der Waals surface area (Å²) in [5.41, 5.74) is 0. The number of ether oxygens (including phenoxy) is 2. The van der Waals surface area contributed by atoms with Crippen molar-refractivity contribution in [3.05, 3.63) is 0 Å². The Morgan fingerprint density at radius 2 is 1.83 bits per heavy atom. The SMILES string of the molecule is CC(=O)N[C@H]1[C@H](O[C@H]2C[C@H](C(=O)NCCS(=O)(=O)[O-])[NH2+][C@H]2CO)O[C@H](CO)[C@@H](OS(=O)(=O)O)[C@@H]1O.[Na+]. The van der Waals surface area contributed by atoms with Crippen LogP contribution in [0.3, 0.4) is 0 Å². The minimum Gasteiger partial charge on any atom is -0.748 e. The van der Waals surface area contributed by atoms with Gasteiger partial charge >= 0.3 is 40.0 Å². The predicted octanol–water partition coefficient (Wildman–Crippen LogP) is -9.50. The van der Waals surface area contributed by atoms with E-state index in [4.69, 9.17) is 14.0 Å². The van der Waals surface area contributed by atoms with Crippen molar-refractivity contribution in [2.45, 2.75) is 62.2 Å². The van der Waals surface area contributed by atoms with Gasteiger partial charge in [0.15, 0.2) is 12.3 Å². The summed E-state index contributed by atoms with van der Waals surface area (Å²) in [6.45, 7) is -0.692. The molecule has 0 aliphatic carbocycles. The number of nitrogens with one attached hydrogen (secondary N) is 2. The van der Waals surface area contributed by atoms with Gasteiger partial charge in [-0.1, -0.05) is 0 Å². The predicted molar refractivity (Wildman–Crippen MR) is 109 cm³/mol. The van der Waals surface area contributed by atoms with E-state index in [9.17, 15) is 46.3 Å². The summed E-state index contributed by atoms with van der Waals surface area (Å²) in [6, 6.07) is -3.05. The average Bonchev–Trinajstić information content (AvgIpc) is 3.13. The molecule has 8 atom stereocenters.